The molecule has 1 aromatic carbocycles. The van der Waals surface area contributed by atoms with Gasteiger partial charge in [-0.25, -0.2) is 0 Å². The van der Waals surface area contributed by atoms with Crippen molar-refractivity contribution in [1.29, 1.82) is 0 Å². The maximum atomic E-state index is 10.5. The van der Waals surface area contributed by atoms with Crippen LogP contribution in [0.2, 0.25) is 5.02 Å². The molecule has 3 rings (SSSR count). The molecule has 2 N–H and O–H groups in total. The molecular weight excluding hydrogens is 328 g/mol. The predicted molar refractivity (Wildman–Crippen MR) is 92.8 cm³/mol. The number of pyridine rings is 1. The lowest BCUT2D eigenvalue weighted by Gasteiger charge is -2.23. The molecule has 0 amide bonds. The summed E-state index contributed by atoms with van der Waals surface area (Å²) in [5.74, 6) is 1.13. The number of halogens is 1. The minimum atomic E-state index is -0.697. The van der Waals surface area contributed by atoms with Gasteiger partial charge in [0.1, 0.15) is 13.2 Å². The molecule has 0 bridgehead atoms. The quantitative estimate of drug-likeness (QED) is 0.868. The Bertz CT molecular complexity index is 723. The fourth-order valence-corrected chi connectivity index (χ4v) is 3.04. The first-order valence-electron chi connectivity index (χ1n) is 7.97. The van der Waals surface area contributed by atoms with Crippen LogP contribution in [0.4, 0.5) is 0 Å². The van der Waals surface area contributed by atoms with Gasteiger partial charge >= 0.3 is 0 Å². The van der Waals surface area contributed by atoms with E-state index in [-0.39, 0.29) is 6.04 Å². The van der Waals surface area contributed by atoms with Gasteiger partial charge in [-0.2, -0.15) is 0 Å². The van der Waals surface area contributed by atoms with Crippen molar-refractivity contribution in [2.45, 2.75) is 26.0 Å². The first kappa shape index (κ1) is 17.0. The van der Waals surface area contributed by atoms with Crippen molar-refractivity contribution < 1.29 is 14.6 Å². The number of fused-ring (bicyclic) bond motifs is 1. The highest BCUT2D eigenvalue weighted by molar-refractivity contribution is 6.32. The second-order valence-corrected chi connectivity index (χ2v) is 6.31. The Morgan fingerprint density at radius 2 is 2.12 bits per heavy atom. The van der Waals surface area contributed by atoms with Gasteiger partial charge in [0.25, 0.3) is 0 Å². The molecule has 2 aromatic rings. The van der Waals surface area contributed by atoms with E-state index in [9.17, 15) is 5.11 Å². The van der Waals surface area contributed by atoms with E-state index in [1.807, 2.05) is 26.1 Å². The summed E-state index contributed by atoms with van der Waals surface area (Å²) in [6.07, 6.45) is 2.93. The zero-order chi connectivity index (χ0) is 17.1. The SMILES string of the molecule is Cc1ccncc1[C@@H](C)NC[C@@H](O)c1cc(Cl)c2c(c1)OCCO2. The lowest BCUT2D eigenvalue weighted by molar-refractivity contribution is 0.161. The maximum absolute atomic E-state index is 10.5. The number of hydrogen-bond acceptors (Lipinski definition) is 5. The summed E-state index contributed by atoms with van der Waals surface area (Å²) in [6, 6.07) is 5.57. The van der Waals surface area contributed by atoms with Crippen molar-refractivity contribution >= 4 is 11.6 Å². The molecule has 0 radical (unpaired) electrons. The highest BCUT2D eigenvalue weighted by atomic mass is 35.5. The minimum Gasteiger partial charge on any atom is -0.486 e. The second kappa shape index (κ2) is 7.38. The summed E-state index contributed by atoms with van der Waals surface area (Å²) in [7, 11) is 0. The highest BCUT2D eigenvalue weighted by Crippen LogP contribution is 2.39. The van der Waals surface area contributed by atoms with Gasteiger partial charge in [-0.3, -0.25) is 4.98 Å². The molecule has 1 aromatic heterocycles. The largest absolute Gasteiger partial charge is 0.486 e. The molecule has 128 valence electrons. The molecule has 0 saturated heterocycles. The third-order valence-electron chi connectivity index (χ3n) is 4.17. The smallest absolute Gasteiger partial charge is 0.179 e. The van der Waals surface area contributed by atoms with E-state index in [4.69, 9.17) is 21.1 Å². The van der Waals surface area contributed by atoms with Gasteiger partial charge in [0.05, 0.1) is 11.1 Å². The van der Waals surface area contributed by atoms with Crippen LogP contribution in [-0.4, -0.2) is 29.8 Å². The molecule has 0 spiro atoms. The van der Waals surface area contributed by atoms with E-state index in [1.165, 1.54) is 5.56 Å². The molecular formula is C18H21ClN2O3. The molecule has 0 saturated carbocycles. The number of aliphatic hydroxyl groups is 1. The molecule has 24 heavy (non-hydrogen) atoms. The van der Waals surface area contributed by atoms with Crippen LogP contribution >= 0.6 is 11.6 Å². The van der Waals surface area contributed by atoms with E-state index in [1.54, 1.807) is 18.3 Å². The Morgan fingerprint density at radius 3 is 2.92 bits per heavy atom. The van der Waals surface area contributed by atoms with E-state index in [2.05, 4.69) is 10.3 Å². The number of aryl methyl sites for hydroxylation is 1. The minimum absolute atomic E-state index is 0.0843. The normalized spacial score (nSPS) is 15.8. The zero-order valence-corrected chi connectivity index (χ0v) is 14.5. The summed E-state index contributed by atoms with van der Waals surface area (Å²) in [5.41, 5.74) is 2.98. The van der Waals surface area contributed by atoms with Crippen LogP contribution in [0.3, 0.4) is 0 Å². The molecule has 0 fully saturated rings. The first-order chi connectivity index (χ1) is 11.6. The van der Waals surface area contributed by atoms with Gasteiger partial charge < -0.3 is 19.9 Å². The Morgan fingerprint density at radius 1 is 1.33 bits per heavy atom. The van der Waals surface area contributed by atoms with Gasteiger partial charge in [-0.15, -0.1) is 0 Å². The summed E-state index contributed by atoms with van der Waals surface area (Å²) in [6.45, 7) is 5.46. The molecule has 0 unspecified atom stereocenters. The van der Waals surface area contributed by atoms with Crippen molar-refractivity contribution in [3.05, 3.63) is 52.3 Å². The lowest BCUT2D eigenvalue weighted by Crippen LogP contribution is -2.25. The lowest BCUT2D eigenvalue weighted by atomic mass is 10.0. The van der Waals surface area contributed by atoms with Crippen LogP contribution in [0, 0.1) is 6.92 Å². The number of hydrogen-bond donors (Lipinski definition) is 2. The molecule has 2 heterocycles. The van der Waals surface area contributed by atoms with Crippen LogP contribution in [0.1, 0.15) is 35.8 Å². The monoisotopic (exact) mass is 348 g/mol. The summed E-state index contributed by atoms with van der Waals surface area (Å²) >= 11 is 6.23. The molecule has 1 aliphatic rings. The Kier molecular flexibility index (Phi) is 5.23. The van der Waals surface area contributed by atoms with E-state index < -0.39 is 6.10 Å². The average molecular weight is 349 g/mol. The van der Waals surface area contributed by atoms with Crippen molar-refractivity contribution in [3.63, 3.8) is 0 Å². The third-order valence-corrected chi connectivity index (χ3v) is 4.45. The number of ether oxygens (including phenoxy) is 2. The number of benzene rings is 1. The van der Waals surface area contributed by atoms with Gasteiger partial charge in [0.2, 0.25) is 0 Å². The van der Waals surface area contributed by atoms with Gasteiger partial charge in [0.15, 0.2) is 11.5 Å². The number of aromatic nitrogens is 1. The second-order valence-electron chi connectivity index (χ2n) is 5.90. The molecule has 0 aliphatic carbocycles. The Hall–Kier alpha value is -1.82. The van der Waals surface area contributed by atoms with Crippen LogP contribution < -0.4 is 14.8 Å². The van der Waals surface area contributed by atoms with E-state index >= 15 is 0 Å². The van der Waals surface area contributed by atoms with Crippen molar-refractivity contribution in [2.24, 2.45) is 0 Å². The van der Waals surface area contributed by atoms with Crippen LogP contribution in [0.5, 0.6) is 11.5 Å². The van der Waals surface area contributed by atoms with Crippen LogP contribution in [-0.2, 0) is 0 Å². The summed E-state index contributed by atoms with van der Waals surface area (Å²) in [4.78, 5) is 4.16. The Labute approximate surface area is 146 Å². The van der Waals surface area contributed by atoms with Crippen molar-refractivity contribution in [3.8, 4) is 11.5 Å². The standard InChI is InChI=1S/C18H21ClN2O3/c1-11-3-4-20-9-14(11)12(2)21-10-16(22)13-7-15(19)18-17(8-13)23-5-6-24-18/h3-4,7-9,12,16,21-22H,5-6,10H2,1-2H3/t12-,16-/m1/s1. The molecule has 6 heteroatoms. The number of nitrogens with one attached hydrogen (secondary N) is 1. The van der Waals surface area contributed by atoms with Crippen LogP contribution in [0.15, 0.2) is 30.6 Å². The number of rotatable bonds is 5. The summed E-state index contributed by atoms with van der Waals surface area (Å²) in [5, 5.41) is 14.3. The van der Waals surface area contributed by atoms with Crippen molar-refractivity contribution in [1.82, 2.24) is 10.3 Å². The molecule has 5 nitrogen and oxygen atoms in total. The van der Waals surface area contributed by atoms with E-state index in [0.717, 1.165) is 5.56 Å². The van der Waals surface area contributed by atoms with E-state index in [0.29, 0.717) is 41.8 Å². The molecule has 2 atom stereocenters. The van der Waals surface area contributed by atoms with Gasteiger partial charge in [0, 0.05) is 25.0 Å². The third kappa shape index (κ3) is 3.64. The predicted octanol–water partition coefficient (Wildman–Crippen LogP) is 3.20. The summed E-state index contributed by atoms with van der Waals surface area (Å²) < 4.78 is 11.1. The van der Waals surface area contributed by atoms with Crippen LogP contribution in [0.25, 0.3) is 0 Å². The van der Waals surface area contributed by atoms with Gasteiger partial charge in [-0.1, -0.05) is 11.6 Å². The molecule has 1 aliphatic heterocycles. The highest BCUT2D eigenvalue weighted by Gasteiger charge is 2.20. The maximum Gasteiger partial charge on any atom is 0.179 e. The van der Waals surface area contributed by atoms with Gasteiger partial charge in [-0.05, 0) is 48.7 Å². The topological polar surface area (TPSA) is 63.6 Å². The zero-order valence-electron chi connectivity index (χ0n) is 13.8. The number of nitrogens with zero attached hydrogens (tertiary/aromatic N) is 1. The number of aliphatic hydroxyl groups excluding tert-OH is 1. The Balaban J connectivity index is 1.68. The average Bonchev–Trinajstić information content (AvgIpc) is 2.59. The fourth-order valence-electron chi connectivity index (χ4n) is 2.77. The first-order valence-corrected chi connectivity index (χ1v) is 8.35. The van der Waals surface area contributed by atoms with Crippen molar-refractivity contribution in [2.75, 3.05) is 19.8 Å². The fraction of sp³-hybridized carbons (Fsp3) is 0.389.